The van der Waals surface area contributed by atoms with Gasteiger partial charge in [-0.2, -0.15) is 0 Å². The molecule has 0 radical (unpaired) electrons. The van der Waals surface area contributed by atoms with Crippen molar-refractivity contribution in [2.24, 2.45) is 0 Å². The molecule has 2 nitrogen and oxygen atoms in total. The molecule has 0 spiro atoms. The van der Waals surface area contributed by atoms with Crippen LogP contribution in [0.4, 0.5) is 0 Å². The lowest BCUT2D eigenvalue weighted by Crippen LogP contribution is -1.95. The highest BCUT2D eigenvalue weighted by Crippen LogP contribution is 2.17. The first-order valence-corrected chi connectivity index (χ1v) is 4.18. The molecule has 0 saturated carbocycles. The molecule has 1 aromatic heterocycles. The first-order valence-electron chi connectivity index (χ1n) is 3.27. The lowest BCUT2D eigenvalue weighted by Gasteiger charge is -2.00. The van der Waals surface area contributed by atoms with Gasteiger partial charge in [0.15, 0.2) is 0 Å². The molecular formula is C8H9Br2NO. The maximum Gasteiger partial charge on any atom is 0.139 e. The minimum atomic E-state index is -0.276. The second kappa shape index (κ2) is 5.43. The predicted octanol–water partition coefficient (Wildman–Crippen LogP) is 2.60. The Morgan fingerprint density at radius 1 is 1.58 bits per heavy atom. The van der Waals surface area contributed by atoms with Crippen LogP contribution in [-0.4, -0.2) is 11.3 Å². The zero-order valence-electron chi connectivity index (χ0n) is 6.53. The van der Waals surface area contributed by atoms with Crippen molar-refractivity contribution in [3.63, 3.8) is 0 Å². The number of carbonyl (C=O) groups excluding carboxylic acids is 1. The molecule has 0 aliphatic rings. The summed E-state index contributed by atoms with van der Waals surface area (Å²) in [6.45, 7) is 1.90. The number of carbonyl (C=O) groups is 1. The van der Waals surface area contributed by atoms with Gasteiger partial charge in [0, 0.05) is 5.69 Å². The van der Waals surface area contributed by atoms with Gasteiger partial charge in [-0.15, -0.1) is 17.0 Å². The van der Waals surface area contributed by atoms with E-state index in [4.69, 9.17) is 0 Å². The normalized spacial score (nSPS) is 11.5. The Morgan fingerprint density at radius 3 is 2.75 bits per heavy atom. The molecular weight excluding hydrogens is 286 g/mol. The van der Waals surface area contributed by atoms with Crippen molar-refractivity contribution in [1.82, 2.24) is 4.98 Å². The molecule has 0 aromatic carbocycles. The molecule has 1 unspecified atom stereocenters. The summed E-state index contributed by atoms with van der Waals surface area (Å²) in [6.07, 6.45) is 0.821. The summed E-state index contributed by atoms with van der Waals surface area (Å²) in [6, 6.07) is 5.60. The van der Waals surface area contributed by atoms with Gasteiger partial charge in [-0.25, -0.2) is 0 Å². The van der Waals surface area contributed by atoms with Gasteiger partial charge in [0.1, 0.15) is 11.1 Å². The summed E-state index contributed by atoms with van der Waals surface area (Å²) < 4.78 is 0. The fourth-order valence-corrected chi connectivity index (χ4v) is 1.04. The Bertz CT molecular complexity index is 265. The van der Waals surface area contributed by atoms with Gasteiger partial charge >= 0.3 is 0 Å². The van der Waals surface area contributed by atoms with Crippen molar-refractivity contribution in [1.29, 1.82) is 0 Å². The van der Waals surface area contributed by atoms with Gasteiger partial charge in [0.2, 0.25) is 0 Å². The fourth-order valence-electron chi connectivity index (χ4n) is 0.787. The van der Waals surface area contributed by atoms with Gasteiger partial charge in [-0.1, -0.05) is 22.0 Å². The van der Waals surface area contributed by atoms with Crippen LogP contribution in [0, 0.1) is 6.92 Å². The van der Waals surface area contributed by atoms with E-state index in [9.17, 15) is 4.79 Å². The predicted molar refractivity (Wildman–Crippen MR) is 57.0 cm³/mol. The number of hydrogen-bond donors (Lipinski definition) is 0. The summed E-state index contributed by atoms with van der Waals surface area (Å²) in [5, 5.41) is 0. The van der Waals surface area contributed by atoms with Crippen LogP contribution in [0.15, 0.2) is 18.2 Å². The van der Waals surface area contributed by atoms with Crippen LogP contribution >= 0.6 is 32.9 Å². The van der Waals surface area contributed by atoms with Crippen molar-refractivity contribution in [2.45, 2.75) is 11.8 Å². The molecule has 0 saturated heterocycles. The Kier molecular flexibility index (Phi) is 5.33. The van der Waals surface area contributed by atoms with Crippen LogP contribution in [0.5, 0.6) is 0 Å². The molecule has 0 bridgehead atoms. The Morgan fingerprint density at radius 2 is 2.25 bits per heavy atom. The van der Waals surface area contributed by atoms with E-state index < -0.39 is 0 Å². The number of pyridine rings is 1. The van der Waals surface area contributed by atoms with E-state index in [0.717, 1.165) is 17.7 Å². The summed E-state index contributed by atoms with van der Waals surface area (Å²) in [5.74, 6) is 0. The topological polar surface area (TPSA) is 30.0 Å². The average Bonchev–Trinajstić information content (AvgIpc) is 2.03. The van der Waals surface area contributed by atoms with Gasteiger partial charge in [-0.05, 0) is 19.1 Å². The zero-order valence-corrected chi connectivity index (χ0v) is 9.83. The monoisotopic (exact) mass is 293 g/mol. The highest BCUT2D eigenvalue weighted by atomic mass is 79.9. The van der Waals surface area contributed by atoms with Crippen LogP contribution < -0.4 is 0 Å². The van der Waals surface area contributed by atoms with Gasteiger partial charge in [-0.3, -0.25) is 4.98 Å². The molecule has 12 heavy (non-hydrogen) atoms. The highest BCUT2D eigenvalue weighted by Gasteiger charge is 2.05. The second-order valence-corrected chi connectivity index (χ2v) is 3.23. The molecule has 66 valence electrons. The number of rotatable bonds is 2. The van der Waals surface area contributed by atoms with Gasteiger partial charge < -0.3 is 4.79 Å². The minimum Gasteiger partial charge on any atom is -0.302 e. The second-order valence-electron chi connectivity index (χ2n) is 2.24. The molecule has 1 heterocycles. The first-order chi connectivity index (χ1) is 5.24. The summed E-state index contributed by atoms with van der Waals surface area (Å²) in [4.78, 5) is 14.2. The number of halogens is 2. The quantitative estimate of drug-likeness (QED) is 0.620. The molecule has 0 N–H and O–H groups in total. The van der Waals surface area contributed by atoms with E-state index in [0.29, 0.717) is 0 Å². The number of nitrogens with zero attached hydrogens (tertiary/aromatic N) is 1. The first kappa shape index (κ1) is 11.8. The largest absolute Gasteiger partial charge is 0.302 e. The van der Waals surface area contributed by atoms with E-state index in [1.165, 1.54) is 0 Å². The summed E-state index contributed by atoms with van der Waals surface area (Å²) >= 11 is 3.19. The Hall–Kier alpha value is -0.220. The van der Waals surface area contributed by atoms with E-state index >= 15 is 0 Å². The van der Waals surface area contributed by atoms with E-state index in [1.54, 1.807) is 0 Å². The van der Waals surface area contributed by atoms with Gasteiger partial charge in [0.25, 0.3) is 0 Å². The third-order valence-electron chi connectivity index (χ3n) is 1.31. The smallest absolute Gasteiger partial charge is 0.139 e. The molecule has 1 rings (SSSR count). The minimum absolute atomic E-state index is 0. The molecule has 1 atom stereocenters. The summed E-state index contributed by atoms with van der Waals surface area (Å²) in [5.41, 5.74) is 1.69. The van der Waals surface area contributed by atoms with E-state index in [2.05, 4.69) is 20.9 Å². The van der Waals surface area contributed by atoms with E-state index in [1.807, 2.05) is 25.1 Å². The number of hydrogen-bond acceptors (Lipinski definition) is 2. The molecule has 0 aliphatic heterocycles. The van der Waals surface area contributed by atoms with Crippen LogP contribution in [0.25, 0.3) is 0 Å². The third kappa shape index (κ3) is 3.03. The highest BCUT2D eigenvalue weighted by molar-refractivity contribution is 9.09. The molecule has 0 fully saturated rings. The number of aromatic nitrogens is 1. The number of aldehydes is 1. The van der Waals surface area contributed by atoms with E-state index in [-0.39, 0.29) is 21.8 Å². The molecule has 4 heteroatoms. The van der Waals surface area contributed by atoms with Crippen LogP contribution in [0.3, 0.4) is 0 Å². The number of alkyl halides is 1. The van der Waals surface area contributed by atoms with Crippen molar-refractivity contribution in [3.8, 4) is 0 Å². The molecule has 0 amide bonds. The lowest BCUT2D eigenvalue weighted by molar-refractivity contribution is -0.107. The van der Waals surface area contributed by atoms with Crippen molar-refractivity contribution in [2.75, 3.05) is 0 Å². The van der Waals surface area contributed by atoms with Crippen LogP contribution in [-0.2, 0) is 4.79 Å². The SMILES string of the molecule is Br.Cc1cccc(C(Br)C=O)n1. The Balaban J connectivity index is 0.00000121. The van der Waals surface area contributed by atoms with Crippen molar-refractivity contribution in [3.05, 3.63) is 29.6 Å². The number of aryl methyl sites for hydroxylation is 1. The van der Waals surface area contributed by atoms with Gasteiger partial charge in [0.05, 0.1) is 5.69 Å². The molecule has 1 aromatic rings. The standard InChI is InChI=1S/C8H8BrNO.BrH/c1-6-3-2-4-8(10-6)7(9)5-11;/h2-5,7H,1H3;1H. The maximum absolute atomic E-state index is 10.3. The van der Waals surface area contributed by atoms with Crippen LogP contribution in [0.1, 0.15) is 16.2 Å². The summed E-state index contributed by atoms with van der Waals surface area (Å²) in [7, 11) is 0. The van der Waals surface area contributed by atoms with Crippen LogP contribution in [0.2, 0.25) is 0 Å². The fraction of sp³-hybridized carbons (Fsp3) is 0.250. The Labute approximate surface area is 90.3 Å². The zero-order chi connectivity index (χ0) is 8.27. The van der Waals surface area contributed by atoms with Crippen molar-refractivity contribution < 1.29 is 4.79 Å². The lowest BCUT2D eigenvalue weighted by atomic mass is 10.2. The average molecular weight is 295 g/mol. The third-order valence-corrected chi connectivity index (χ3v) is 2.00. The maximum atomic E-state index is 10.3. The molecule has 0 aliphatic carbocycles. The van der Waals surface area contributed by atoms with Crippen molar-refractivity contribution >= 4 is 39.2 Å².